The average molecular weight is 316 g/mol. The SMILES string of the molecule is CO[C@H](C(=O)N1CCO[C@H](c2nncn2C)C1)c1ccccc1. The van der Waals surface area contributed by atoms with Crippen molar-refractivity contribution in [3.8, 4) is 0 Å². The van der Waals surface area contributed by atoms with E-state index in [0.29, 0.717) is 19.7 Å². The number of rotatable bonds is 4. The number of morpholine rings is 1. The quantitative estimate of drug-likeness (QED) is 0.845. The maximum atomic E-state index is 12.8. The molecule has 0 radical (unpaired) electrons. The van der Waals surface area contributed by atoms with Gasteiger partial charge in [0.25, 0.3) is 5.91 Å². The number of amides is 1. The molecule has 0 unspecified atom stereocenters. The van der Waals surface area contributed by atoms with Gasteiger partial charge in [-0.05, 0) is 5.56 Å². The molecule has 1 amide bonds. The van der Waals surface area contributed by atoms with Crippen molar-refractivity contribution in [2.24, 2.45) is 7.05 Å². The summed E-state index contributed by atoms with van der Waals surface area (Å²) in [6.07, 6.45) is 0.754. The molecule has 0 aliphatic carbocycles. The Kier molecular flexibility index (Phi) is 4.68. The Morgan fingerprint density at radius 2 is 2.17 bits per heavy atom. The molecule has 23 heavy (non-hydrogen) atoms. The van der Waals surface area contributed by atoms with Gasteiger partial charge in [-0.15, -0.1) is 10.2 Å². The van der Waals surface area contributed by atoms with Crippen LogP contribution >= 0.6 is 0 Å². The number of aryl methyl sites for hydroxylation is 1. The van der Waals surface area contributed by atoms with Crippen LogP contribution in [0.25, 0.3) is 0 Å². The standard InChI is InChI=1S/C16H20N4O3/c1-19-11-17-18-15(19)13-10-20(8-9-23-13)16(21)14(22-2)12-6-4-3-5-7-12/h3-7,11,13-14H,8-10H2,1-2H3/t13-,14-/m0/s1. The molecule has 0 N–H and O–H groups in total. The van der Waals surface area contributed by atoms with Gasteiger partial charge in [0.05, 0.1) is 13.2 Å². The summed E-state index contributed by atoms with van der Waals surface area (Å²) in [6.45, 7) is 1.45. The first-order chi connectivity index (χ1) is 11.2. The van der Waals surface area contributed by atoms with Crippen molar-refractivity contribution >= 4 is 5.91 Å². The third-order valence-corrected chi connectivity index (χ3v) is 3.97. The zero-order valence-electron chi connectivity index (χ0n) is 13.3. The van der Waals surface area contributed by atoms with Crippen LogP contribution in [0, 0.1) is 0 Å². The van der Waals surface area contributed by atoms with Crippen LogP contribution in [0.1, 0.15) is 23.6 Å². The van der Waals surface area contributed by atoms with Gasteiger partial charge in [-0.3, -0.25) is 4.79 Å². The van der Waals surface area contributed by atoms with Crippen LogP contribution in [-0.4, -0.2) is 52.4 Å². The minimum Gasteiger partial charge on any atom is -0.367 e. The highest BCUT2D eigenvalue weighted by atomic mass is 16.5. The molecule has 0 saturated carbocycles. The van der Waals surface area contributed by atoms with Crippen molar-refractivity contribution < 1.29 is 14.3 Å². The van der Waals surface area contributed by atoms with Crippen molar-refractivity contribution in [3.05, 3.63) is 48.0 Å². The molecule has 1 fully saturated rings. The lowest BCUT2D eigenvalue weighted by Gasteiger charge is -2.34. The van der Waals surface area contributed by atoms with E-state index in [9.17, 15) is 4.79 Å². The van der Waals surface area contributed by atoms with Gasteiger partial charge in [0.15, 0.2) is 11.9 Å². The number of benzene rings is 1. The first kappa shape index (κ1) is 15.6. The molecule has 7 nitrogen and oxygen atoms in total. The third-order valence-electron chi connectivity index (χ3n) is 3.97. The second kappa shape index (κ2) is 6.89. The van der Waals surface area contributed by atoms with E-state index in [1.807, 2.05) is 41.9 Å². The molecule has 1 aromatic carbocycles. The van der Waals surface area contributed by atoms with E-state index < -0.39 is 6.10 Å². The second-order valence-electron chi connectivity index (χ2n) is 5.47. The predicted molar refractivity (Wildman–Crippen MR) is 82.5 cm³/mol. The van der Waals surface area contributed by atoms with Crippen molar-refractivity contribution in [1.29, 1.82) is 0 Å². The number of ether oxygens (including phenoxy) is 2. The Balaban J connectivity index is 1.75. The third kappa shape index (κ3) is 3.25. The molecule has 1 aromatic heterocycles. The van der Waals surface area contributed by atoms with E-state index in [4.69, 9.17) is 9.47 Å². The predicted octanol–water partition coefficient (Wildman–Crippen LogP) is 1.10. The van der Waals surface area contributed by atoms with Gasteiger partial charge in [-0.1, -0.05) is 30.3 Å². The van der Waals surface area contributed by atoms with Crippen LogP contribution in [0.4, 0.5) is 0 Å². The zero-order valence-corrected chi connectivity index (χ0v) is 13.3. The van der Waals surface area contributed by atoms with Gasteiger partial charge >= 0.3 is 0 Å². The number of nitrogens with zero attached hydrogens (tertiary/aromatic N) is 4. The van der Waals surface area contributed by atoms with E-state index in [2.05, 4.69) is 10.2 Å². The molecule has 1 aliphatic heterocycles. The Hall–Kier alpha value is -2.25. The summed E-state index contributed by atoms with van der Waals surface area (Å²) in [4.78, 5) is 14.6. The number of hydrogen-bond acceptors (Lipinski definition) is 5. The van der Waals surface area contributed by atoms with Crippen molar-refractivity contribution in [2.45, 2.75) is 12.2 Å². The lowest BCUT2D eigenvalue weighted by molar-refractivity contribution is -0.150. The van der Waals surface area contributed by atoms with E-state index in [-0.39, 0.29) is 12.0 Å². The van der Waals surface area contributed by atoms with Crippen LogP contribution in [-0.2, 0) is 21.3 Å². The number of carbonyl (C=O) groups excluding carboxylic acids is 1. The van der Waals surface area contributed by atoms with Crippen molar-refractivity contribution in [2.75, 3.05) is 26.8 Å². The Bertz CT molecular complexity index is 658. The summed E-state index contributed by atoms with van der Waals surface area (Å²) in [5, 5.41) is 7.95. The first-order valence-electron chi connectivity index (χ1n) is 7.52. The smallest absolute Gasteiger partial charge is 0.256 e. The molecule has 0 spiro atoms. The molecule has 1 aliphatic rings. The van der Waals surface area contributed by atoms with Crippen LogP contribution in [0.5, 0.6) is 0 Å². The highest BCUT2D eigenvalue weighted by molar-refractivity contribution is 5.82. The van der Waals surface area contributed by atoms with E-state index in [0.717, 1.165) is 11.4 Å². The van der Waals surface area contributed by atoms with Crippen molar-refractivity contribution in [3.63, 3.8) is 0 Å². The summed E-state index contributed by atoms with van der Waals surface area (Å²) in [5.41, 5.74) is 0.849. The van der Waals surface area contributed by atoms with E-state index >= 15 is 0 Å². The van der Waals surface area contributed by atoms with Crippen LogP contribution in [0.15, 0.2) is 36.7 Å². The van der Waals surface area contributed by atoms with Gasteiger partial charge in [-0.2, -0.15) is 0 Å². The monoisotopic (exact) mass is 316 g/mol. The fourth-order valence-corrected chi connectivity index (χ4v) is 2.76. The zero-order chi connectivity index (χ0) is 16.2. The van der Waals surface area contributed by atoms with Crippen LogP contribution in [0.3, 0.4) is 0 Å². The Morgan fingerprint density at radius 1 is 1.39 bits per heavy atom. The van der Waals surface area contributed by atoms with E-state index in [1.165, 1.54) is 0 Å². The summed E-state index contributed by atoms with van der Waals surface area (Å²) >= 11 is 0. The van der Waals surface area contributed by atoms with Crippen LogP contribution in [0.2, 0.25) is 0 Å². The first-order valence-corrected chi connectivity index (χ1v) is 7.52. The van der Waals surface area contributed by atoms with Gasteiger partial charge in [0, 0.05) is 20.7 Å². The number of carbonyl (C=O) groups is 1. The summed E-state index contributed by atoms with van der Waals surface area (Å²) in [5.74, 6) is 0.658. The molecular formula is C16H20N4O3. The summed E-state index contributed by atoms with van der Waals surface area (Å²) in [7, 11) is 3.41. The highest BCUT2D eigenvalue weighted by Crippen LogP contribution is 2.24. The fourth-order valence-electron chi connectivity index (χ4n) is 2.76. The number of aromatic nitrogens is 3. The average Bonchev–Trinajstić information content (AvgIpc) is 3.02. The molecule has 0 bridgehead atoms. The highest BCUT2D eigenvalue weighted by Gasteiger charge is 2.32. The number of hydrogen-bond donors (Lipinski definition) is 0. The molecule has 122 valence electrons. The largest absolute Gasteiger partial charge is 0.367 e. The molecule has 1 saturated heterocycles. The topological polar surface area (TPSA) is 69.5 Å². The molecule has 2 heterocycles. The fraction of sp³-hybridized carbons (Fsp3) is 0.438. The lowest BCUT2D eigenvalue weighted by Crippen LogP contribution is -2.45. The Morgan fingerprint density at radius 3 is 2.83 bits per heavy atom. The summed E-state index contributed by atoms with van der Waals surface area (Å²) < 4.78 is 13.0. The normalized spacial score (nSPS) is 19.6. The van der Waals surface area contributed by atoms with Gasteiger partial charge < -0.3 is 18.9 Å². The van der Waals surface area contributed by atoms with Crippen LogP contribution < -0.4 is 0 Å². The molecular weight excluding hydrogens is 296 g/mol. The molecule has 2 atom stereocenters. The van der Waals surface area contributed by atoms with E-state index in [1.54, 1.807) is 18.3 Å². The van der Waals surface area contributed by atoms with Gasteiger partial charge in [0.1, 0.15) is 12.4 Å². The number of methoxy groups -OCH3 is 1. The molecule has 7 heteroatoms. The van der Waals surface area contributed by atoms with Gasteiger partial charge in [0.2, 0.25) is 0 Å². The minimum atomic E-state index is -0.602. The van der Waals surface area contributed by atoms with Crippen molar-refractivity contribution in [1.82, 2.24) is 19.7 Å². The molecule has 3 rings (SSSR count). The Labute approximate surface area is 134 Å². The molecule has 2 aromatic rings. The summed E-state index contributed by atoms with van der Waals surface area (Å²) in [6, 6.07) is 9.51. The lowest BCUT2D eigenvalue weighted by atomic mass is 10.1. The maximum absolute atomic E-state index is 12.8. The van der Waals surface area contributed by atoms with Gasteiger partial charge in [-0.25, -0.2) is 0 Å². The second-order valence-corrected chi connectivity index (χ2v) is 5.47. The maximum Gasteiger partial charge on any atom is 0.256 e. The minimum absolute atomic E-state index is 0.0610.